The summed E-state index contributed by atoms with van der Waals surface area (Å²) < 4.78 is 10.5. The number of aromatic hydroxyl groups is 1. The van der Waals surface area contributed by atoms with Crippen LogP contribution in [0.2, 0.25) is 0 Å². The Hall–Kier alpha value is -3.46. The van der Waals surface area contributed by atoms with E-state index in [0.29, 0.717) is 17.1 Å². The first-order valence-corrected chi connectivity index (χ1v) is 10.2. The molecule has 6 heteroatoms. The standard InChI is InChI=1S/C25H30N2O4/c1-15(2)21-10-17(11-22(16(3)4)24(21)28)9-19(13-26)25(29)27-14-18-7-8-20(30-5)12-23(18)31-6/h7-12,15-16,28H,14H2,1-6H3,(H,27,29)/b19-9+. The van der Waals surface area contributed by atoms with Crippen LogP contribution < -0.4 is 14.8 Å². The first-order valence-electron chi connectivity index (χ1n) is 10.2. The number of rotatable bonds is 8. The maximum atomic E-state index is 12.7. The summed E-state index contributed by atoms with van der Waals surface area (Å²) in [6.07, 6.45) is 1.55. The zero-order valence-electron chi connectivity index (χ0n) is 18.9. The summed E-state index contributed by atoms with van der Waals surface area (Å²) in [6.45, 7) is 8.17. The predicted octanol–water partition coefficient (Wildman–Crippen LogP) is 4.88. The van der Waals surface area contributed by atoms with Crippen molar-refractivity contribution in [3.8, 4) is 23.3 Å². The number of nitrogens with zero attached hydrogens (tertiary/aromatic N) is 1. The van der Waals surface area contributed by atoms with Crippen LogP contribution in [0.25, 0.3) is 6.08 Å². The van der Waals surface area contributed by atoms with Crippen LogP contribution >= 0.6 is 0 Å². The third-order valence-corrected chi connectivity index (χ3v) is 5.04. The van der Waals surface area contributed by atoms with E-state index in [1.165, 1.54) is 0 Å². The average Bonchev–Trinajstić information content (AvgIpc) is 2.75. The molecule has 0 atom stereocenters. The van der Waals surface area contributed by atoms with E-state index in [2.05, 4.69) is 5.32 Å². The summed E-state index contributed by atoms with van der Waals surface area (Å²) in [4.78, 5) is 12.7. The number of carbonyl (C=O) groups is 1. The second-order valence-corrected chi connectivity index (χ2v) is 7.89. The maximum Gasteiger partial charge on any atom is 0.262 e. The van der Waals surface area contributed by atoms with Crippen molar-refractivity contribution in [1.82, 2.24) is 5.32 Å². The highest BCUT2D eigenvalue weighted by Crippen LogP contribution is 2.35. The molecule has 0 spiro atoms. The highest BCUT2D eigenvalue weighted by atomic mass is 16.5. The molecule has 0 saturated carbocycles. The first kappa shape index (κ1) is 23.8. The highest BCUT2D eigenvalue weighted by Gasteiger charge is 2.16. The summed E-state index contributed by atoms with van der Waals surface area (Å²) >= 11 is 0. The van der Waals surface area contributed by atoms with E-state index in [9.17, 15) is 15.2 Å². The van der Waals surface area contributed by atoms with Crippen molar-refractivity contribution in [2.75, 3.05) is 14.2 Å². The van der Waals surface area contributed by atoms with E-state index >= 15 is 0 Å². The van der Waals surface area contributed by atoms with E-state index in [1.807, 2.05) is 45.9 Å². The predicted molar refractivity (Wildman–Crippen MR) is 121 cm³/mol. The number of methoxy groups -OCH3 is 2. The maximum absolute atomic E-state index is 12.7. The molecule has 164 valence electrons. The molecule has 0 heterocycles. The molecule has 0 unspecified atom stereocenters. The average molecular weight is 423 g/mol. The number of phenolic OH excluding ortho intramolecular Hbond substituents is 1. The Labute approximate surface area is 184 Å². The number of phenols is 1. The Kier molecular flexibility index (Phi) is 8.09. The molecule has 31 heavy (non-hydrogen) atoms. The normalized spacial score (nSPS) is 11.4. The van der Waals surface area contributed by atoms with Crippen molar-refractivity contribution >= 4 is 12.0 Å². The van der Waals surface area contributed by atoms with Gasteiger partial charge in [0.05, 0.1) is 14.2 Å². The fourth-order valence-corrected chi connectivity index (χ4v) is 3.25. The number of carbonyl (C=O) groups excluding carboxylic acids is 1. The molecule has 2 rings (SSSR count). The van der Waals surface area contributed by atoms with Gasteiger partial charge in [0.25, 0.3) is 5.91 Å². The van der Waals surface area contributed by atoms with Gasteiger partial charge in [-0.2, -0.15) is 5.26 Å². The first-order chi connectivity index (χ1) is 14.7. The number of amides is 1. The summed E-state index contributed by atoms with van der Waals surface area (Å²) in [6, 6.07) is 10.9. The van der Waals surface area contributed by atoms with Crippen LogP contribution in [0.15, 0.2) is 35.9 Å². The second kappa shape index (κ2) is 10.5. The molecule has 0 saturated heterocycles. The van der Waals surface area contributed by atoms with Crippen molar-refractivity contribution in [2.45, 2.75) is 46.1 Å². The van der Waals surface area contributed by atoms with Gasteiger partial charge in [-0.3, -0.25) is 4.79 Å². The minimum atomic E-state index is -0.481. The van der Waals surface area contributed by atoms with Gasteiger partial charge in [0.15, 0.2) is 0 Å². The molecule has 0 aromatic heterocycles. The number of nitrogens with one attached hydrogen (secondary N) is 1. The van der Waals surface area contributed by atoms with Crippen LogP contribution in [0.4, 0.5) is 0 Å². The Bertz CT molecular complexity index is 988. The molecule has 2 aromatic carbocycles. The number of benzene rings is 2. The number of ether oxygens (including phenoxy) is 2. The van der Waals surface area contributed by atoms with E-state index < -0.39 is 5.91 Å². The lowest BCUT2D eigenvalue weighted by Crippen LogP contribution is -2.24. The van der Waals surface area contributed by atoms with Crippen LogP contribution in [-0.2, 0) is 11.3 Å². The topological polar surface area (TPSA) is 91.6 Å². The molecule has 6 nitrogen and oxygen atoms in total. The Morgan fingerprint density at radius 2 is 1.71 bits per heavy atom. The fraction of sp³-hybridized carbons (Fsp3) is 0.360. The van der Waals surface area contributed by atoms with Crippen molar-refractivity contribution in [3.05, 3.63) is 58.2 Å². The number of hydrogen-bond acceptors (Lipinski definition) is 5. The monoisotopic (exact) mass is 422 g/mol. The third-order valence-electron chi connectivity index (χ3n) is 5.04. The molecule has 0 aliphatic carbocycles. The molecule has 1 amide bonds. The van der Waals surface area contributed by atoms with Crippen molar-refractivity contribution in [3.63, 3.8) is 0 Å². The van der Waals surface area contributed by atoms with Crippen LogP contribution in [-0.4, -0.2) is 25.2 Å². The van der Waals surface area contributed by atoms with Gasteiger partial charge in [-0.15, -0.1) is 0 Å². The molecular formula is C25H30N2O4. The molecule has 0 radical (unpaired) electrons. The van der Waals surface area contributed by atoms with Crippen LogP contribution in [0, 0.1) is 11.3 Å². The molecule has 0 bridgehead atoms. The van der Waals surface area contributed by atoms with Crippen LogP contribution in [0.5, 0.6) is 17.2 Å². The molecule has 0 fully saturated rings. The highest BCUT2D eigenvalue weighted by molar-refractivity contribution is 6.01. The van der Waals surface area contributed by atoms with Gasteiger partial charge in [-0.25, -0.2) is 0 Å². The minimum absolute atomic E-state index is 0.0115. The third kappa shape index (κ3) is 5.79. The summed E-state index contributed by atoms with van der Waals surface area (Å²) in [5.74, 6) is 1.24. The molecule has 0 aliphatic rings. The Morgan fingerprint density at radius 3 is 2.19 bits per heavy atom. The van der Waals surface area contributed by atoms with Crippen LogP contribution in [0.1, 0.15) is 61.8 Å². The molecule has 2 N–H and O–H groups in total. The van der Waals surface area contributed by atoms with Gasteiger partial charge >= 0.3 is 0 Å². The molecular weight excluding hydrogens is 392 g/mol. The summed E-state index contributed by atoms with van der Waals surface area (Å²) in [5.41, 5.74) is 3.04. The largest absolute Gasteiger partial charge is 0.507 e. The molecule has 2 aromatic rings. The van der Waals surface area contributed by atoms with Gasteiger partial charge < -0.3 is 19.9 Å². The van der Waals surface area contributed by atoms with E-state index in [4.69, 9.17) is 9.47 Å². The van der Waals surface area contributed by atoms with Gasteiger partial charge in [0.2, 0.25) is 0 Å². The van der Waals surface area contributed by atoms with Gasteiger partial charge in [0, 0.05) is 18.2 Å². The number of hydrogen-bond donors (Lipinski definition) is 2. The van der Waals surface area contributed by atoms with E-state index in [0.717, 1.165) is 16.7 Å². The second-order valence-electron chi connectivity index (χ2n) is 7.89. The SMILES string of the molecule is COc1ccc(CNC(=O)/C(C#N)=C/c2cc(C(C)C)c(O)c(C(C)C)c2)c(OC)c1. The van der Waals surface area contributed by atoms with E-state index in [-0.39, 0.29) is 29.7 Å². The zero-order valence-corrected chi connectivity index (χ0v) is 18.9. The lowest BCUT2D eigenvalue weighted by atomic mass is 9.91. The van der Waals surface area contributed by atoms with Crippen molar-refractivity contribution in [2.24, 2.45) is 0 Å². The lowest BCUT2D eigenvalue weighted by molar-refractivity contribution is -0.117. The Balaban J connectivity index is 2.30. The zero-order chi connectivity index (χ0) is 23.1. The van der Waals surface area contributed by atoms with Crippen molar-refractivity contribution < 1.29 is 19.4 Å². The smallest absolute Gasteiger partial charge is 0.262 e. The summed E-state index contributed by atoms with van der Waals surface area (Å²) in [7, 11) is 3.11. The van der Waals surface area contributed by atoms with E-state index in [1.54, 1.807) is 38.5 Å². The molecule has 0 aliphatic heterocycles. The van der Waals surface area contributed by atoms with Crippen molar-refractivity contribution in [1.29, 1.82) is 5.26 Å². The van der Waals surface area contributed by atoms with Gasteiger partial charge in [-0.1, -0.05) is 27.7 Å². The van der Waals surface area contributed by atoms with Gasteiger partial charge in [-0.05, 0) is 58.9 Å². The van der Waals surface area contributed by atoms with Gasteiger partial charge in [0.1, 0.15) is 28.9 Å². The minimum Gasteiger partial charge on any atom is -0.507 e. The van der Waals surface area contributed by atoms with Crippen LogP contribution in [0.3, 0.4) is 0 Å². The fourth-order valence-electron chi connectivity index (χ4n) is 3.25. The Morgan fingerprint density at radius 1 is 1.10 bits per heavy atom. The number of nitriles is 1. The quantitative estimate of drug-likeness (QED) is 0.467. The lowest BCUT2D eigenvalue weighted by Gasteiger charge is -2.16. The summed E-state index contributed by atoms with van der Waals surface area (Å²) in [5, 5.41) is 22.9.